The zero-order valence-electron chi connectivity index (χ0n) is 9.40. The molecule has 18 heavy (non-hydrogen) atoms. The second kappa shape index (κ2) is 5.74. The van der Waals surface area contributed by atoms with Crippen LogP contribution in [0.2, 0.25) is 10.0 Å². The molecule has 0 aliphatic rings. The summed E-state index contributed by atoms with van der Waals surface area (Å²) in [5.74, 6) is 0.322. The van der Waals surface area contributed by atoms with Gasteiger partial charge in [-0.15, -0.1) is 0 Å². The van der Waals surface area contributed by atoms with Crippen LogP contribution in [0.1, 0.15) is 5.56 Å². The molecular weight excluding hydrogens is 289 g/mol. The predicted octanol–water partition coefficient (Wildman–Crippen LogP) is 3.88. The second-order valence-electron chi connectivity index (χ2n) is 3.77. The van der Waals surface area contributed by atoms with Gasteiger partial charge in [0, 0.05) is 10.7 Å². The molecule has 2 nitrogen and oxygen atoms in total. The van der Waals surface area contributed by atoms with Gasteiger partial charge in [-0.3, -0.25) is 4.21 Å². The summed E-state index contributed by atoms with van der Waals surface area (Å²) >= 11 is 12.1. The summed E-state index contributed by atoms with van der Waals surface area (Å²) in [4.78, 5) is 0.539. The predicted molar refractivity (Wildman–Crippen MR) is 77.4 cm³/mol. The van der Waals surface area contributed by atoms with E-state index in [0.717, 1.165) is 5.56 Å². The molecule has 1 unspecified atom stereocenters. The van der Waals surface area contributed by atoms with Crippen molar-refractivity contribution in [1.82, 2.24) is 0 Å². The molecule has 2 aromatic rings. The van der Waals surface area contributed by atoms with E-state index in [1.807, 2.05) is 18.2 Å². The van der Waals surface area contributed by atoms with Gasteiger partial charge in [-0.2, -0.15) is 0 Å². The zero-order valence-corrected chi connectivity index (χ0v) is 11.7. The molecule has 5 heteroatoms. The molecular formula is C13H11Cl2NOS. The maximum atomic E-state index is 12.3. The lowest BCUT2D eigenvalue weighted by Crippen LogP contribution is -1.99. The Morgan fingerprint density at radius 3 is 2.50 bits per heavy atom. The van der Waals surface area contributed by atoms with Crippen molar-refractivity contribution in [3.8, 4) is 0 Å². The molecule has 2 N–H and O–H groups in total. The van der Waals surface area contributed by atoms with Crippen molar-refractivity contribution in [3.63, 3.8) is 0 Å². The molecule has 0 aliphatic heterocycles. The van der Waals surface area contributed by atoms with Crippen molar-refractivity contribution in [2.75, 3.05) is 5.73 Å². The molecule has 0 fully saturated rings. The van der Waals surface area contributed by atoms with Crippen LogP contribution < -0.4 is 5.73 Å². The summed E-state index contributed by atoms with van der Waals surface area (Å²) < 4.78 is 12.3. The number of hydrogen-bond donors (Lipinski definition) is 1. The zero-order chi connectivity index (χ0) is 13.1. The van der Waals surface area contributed by atoms with Crippen LogP contribution in [0, 0.1) is 0 Å². The third-order valence-electron chi connectivity index (χ3n) is 2.44. The van der Waals surface area contributed by atoms with Crippen LogP contribution in [0.5, 0.6) is 0 Å². The van der Waals surface area contributed by atoms with Crippen LogP contribution in [0.4, 0.5) is 5.69 Å². The molecule has 0 aliphatic carbocycles. The summed E-state index contributed by atoms with van der Waals surface area (Å²) in [6.07, 6.45) is 0. The minimum atomic E-state index is -1.26. The van der Waals surface area contributed by atoms with Gasteiger partial charge in [-0.1, -0.05) is 41.4 Å². The molecule has 2 rings (SSSR count). The van der Waals surface area contributed by atoms with Gasteiger partial charge in [0.2, 0.25) is 0 Å². The third-order valence-corrected chi connectivity index (χ3v) is 4.66. The van der Waals surface area contributed by atoms with Gasteiger partial charge in [0.1, 0.15) is 0 Å². The van der Waals surface area contributed by atoms with Gasteiger partial charge < -0.3 is 5.73 Å². The van der Waals surface area contributed by atoms with Crippen molar-refractivity contribution in [3.05, 3.63) is 58.1 Å². The molecule has 2 aromatic carbocycles. The Hall–Kier alpha value is -1.03. The van der Waals surface area contributed by atoms with E-state index in [2.05, 4.69) is 0 Å². The van der Waals surface area contributed by atoms with Crippen LogP contribution in [0.25, 0.3) is 0 Å². The van der Waals surface area contributed by atoms with Crippen LogP contribution in [0.15, 0.2) is 47.4 Å². The number of nitrogens with two attached hydrogens (primary N) is 1. The van der Waals surface area contributed by atoms with E-state index in [1.165, 1.54) is 0 Å². The van der Waals surface area contributed by atoms with Crippen LogP contribution in [-0.2, 0) is 16.6 Å². The number of rotatable bonds is 3. The Morgan fingerprint density at radius 2 is 1.78 bits per heavy atom. The van der Waals surface area contributed by atoms with Crippen molar-refractivity contribution in [1.29, 1.82) is 0 Å². The van der Waals surface area contributed by atoms with E-state index >= 15 is 0 Å². The van der Waals surface area contributed by atoms with Gasteiger partial charge >= 0.3 is 0 Å². The lowest BCUT2D eigenvalue weighted by Gasteiger charge is -2.07. The van der Waals surface area contributed by atoms with Gasteiger partial charge in [-0.25, -0.2) is 0 Å². The minimum absolute atomic E-state index is 0.322. The molecule has 0 aromatic heterocycles. The van der Waals surface area contributed by atoms with E-state index in [1.54, 1.807) is 24.3 Å². The Morgan fingerprint density at radius 1 is 1.06 bits per heavy atom. The van der Waals surface area contributed by atoms with Crippen LogP contribution >= 0.6 is 23.2 Å². The summed E-state index contributed by atoms with van der Waals surface area (Å²) in [5, 5.41) is 1.06. The van der Waals surface area contributed by atoms with E-state index in [0.29, 0.717) is 26.4 Å². The maximum absolute atomic E-state index is 12.3. The molecule has 0 heterocycles. The average Bonchev–Trinajstić information content (AvgIpc) is 2.35. The SMILES string of the molecule is Nc1ccc(Cl)c(S(=O)Cc2ccccc2Cl)c1. The van der Waals surface area contributed by atoms with Crippen molar-refractivity contribution in [2.45, 2.75) is 10.6 Å². The van der Waals surface area contributed by atoms with E-state index in [-0.39, 0.29) is 0 Å². The van der Waals surface area contributed by atoms with Gasteiger partial charge in [-0.05, 0) is 29.8 Å². The summed E-state index contributed by atoms with van der Waals surface area (Å²) in [7, 11) is -1.26. The molecule has 0 amide bonds. The molecule has 0 saturated carbocycles. The molecule has 94 valence electrons. The fourth-order valence-electron chi connectivity index (χ4n) is 1.53. The first-order chi connectivity index (χ1) is 8.58. The van der Waals surface area contributed by atoms with E-state index in [9.17, 15) is 4.21 Å². The average molecular weight is 300 g/mol. The fourth-order valence-corrected chi connectivity index (χ4v) is 3.43. The highest BCUT2D eigenvalue weighted by atomic mass is 35.5. The lowest BCUT2D eigenvalue weighted by atomic mass is 10.2. The van der Waals surface area contributed by atoms with Crippen LogP contribution in [-0.4, -0.2) is 4.21 Å². The first kappa shape index (κ1) is 13.4. The van der Waals surface area contributed by atoms with Gasteiger partial charge in [0.25, 0.3) is 0 Å². The Labute approximate surface area is 118 Å². The Bertz CT molecular complexity index is 601. The van der Waals surface area contributed by atoms with Crippen molar-refractivity contribution < 1.29 is 4.21 Å². The Balaban J connectivity index is 2.28. The number of halogens is 2. The Kier molecular flexibility index (Phi) is 4.27. The summed E-state index contributed by atoms with van der Waals surface area (Å²) in [5.41, 5.74) is 7.04. The molecule has 0 bridgehead atoms. The van der Waals surface area contributed by atoms with E-state index < -0.39 is 10.8 Å². The highest BCUT2D eigenvalue weighted by molar-refractivity contribution is 7.84. The molecule has 0 spiro atoms. The second-order valence-corrected chi connectivity index (χ2v) is 6.01. The number of anilines is 1. The number of hydrogen-bond acceptors (Lipinski definition) is 2. The monoisotopic (exact) mass is 299 g/mol. The first-order valence-electron chi connectivity index (χ1n) is 5.25. The standard InChI is InChI=1S/C13H11Cl2NOS/c14-11-4-2-1-3-9(11)8-18(17)13-7-10(16)5-6-12(13)15/h1-7H,8,16H2. The third kappa shape index (κ3) is 3.05. The lowest BCUT2D eigenvalue weighted by molar-refractivity contribution is 0.682. The highest BCUT2D eigenvalue weighted by Crippen LogP contribution is 2.26. The summed E-state index contributed by atoms with van der Waals surface area (Å²) in [6, 6.07) is 12.3. The summed E-state index contributed by atoms with van der Waals surface area (Å²) in [6.45, 7) is 0. The largest absolute Gasteiger partial charge is 0.399 e. The topological polar surface area (TPSA) is 43.1 Å². The normalized spacial score (nSPS) is 12.3. The maximum Gasteiger partial charge on any atom is 0.0598 e. The fraction of sp³-hybridized carbons (Fsp3) is 0.0769. The van der Waals surface area contributed by atoms with E-state index in [4.69, 9.17) is 28.9 Å². The van der Waals surface area contributed by atoms with Crippen molar-refractivity contribution >= 4 is 39.7 Å². The van der Waals surface area contributed by atoms with Gasteiger partial charge in [0.05, 0.1) is 26.5 Å². The molecule has 1 atom stereocenters. The highest BCUT2D eigenvalue weighted by Gasteiger charge is 2.11. The van der Waals surface area contributed by atoms with Crippen molar-refractivity contribution in [2.24, 2.45) is 0 Å². The number of nitrogen functional groups attached to an aromatic ring is 1. The van der Waals surface area contributed by atoms with Crippen LogP contribution in [0.3, 0.4) is 0 Å². The first-order valence-corrected chi connectivity index (χ1v) is 7.32. The van der Waals surface area contributed by atoms with Gasteiger partial charge in [0.15, 0.2) is 0 Å². The smallest absolute Gasteiger partial charge is 0.0598 e. The quantitative estimate of drug-likeness (QED) is 0.874. The minimum Gasteiger partial charge on any atom is -0.399 e. The number of benzene rings is 2. The molecule has 0 saturated heterocycles. The molecule has 0 radical (unpaired) electrons.